The fourth-order valence-electron chi connectivity index (χ4n) is 4.30. The number of para-hydroxylation sites is 1. The van der Waals surface area contributed by atoms with Gasteiger partial charge in [0.25, 0.3) is 5.69 Å². The Labute approximate surface area is 161 Å². The quantitative estimate of drug-likeness (QED) is 0.372. The summed E-state index contributed by atoms with van der Waals surface area (Å²) in [5.41, 5.74) is 3.10. The lowest BCUT2D eigenvalue weighted by Gasteiger charge is -2.22. The van der Waals surface area contributed by atoms with Crippen LogP contribution >= 0.6 is 11.8 Å². The van der Waals surface area contributed by atoms with Crippen molar-refractivity contribution in [2.24, 2.45) is 5.92 Å². The molecule has 2 atom stereocenters. The van der Waals surface area contributed by atoms with E-state index in [-0.39, 0.29) is 10.6 Å². The zero-order chi connectivity index (χ0) is 18.5. The molecule has 1 aliphatic heterocycles. The molecule has 5 rings (SSSR count). The largest absolute Gasteiger partial charge is 0.277 e. The van der Waals surface area contributed by atoms with Gasteiger partial charge in [0.1, 0.15) is 0 Å². The molecule has 1 heterocycles. The Kier molecular flexibility index (Phi) is 3.69. The summed E-state index contributed by atoms with van der Waals surface area (Å²) in [6, 6.07) is 17.4. The van der Waals surface area contributed by atoms with Crippen LogP contribution in [0.15, 0.2) is 82.6 Å². The van der Waals surface area contributed by atoms with Crippen LogP contribution in [0.3, 0.4) is 0 Å². The van der Waals surface area contributed by atoms with Gasteiger partial charge in [-0.3, -0.25) is 10.1 Å². The fraction of sp³-hybridized carbons (Fsp3) is 0.130. The number of thioether (sulfide) groups is 1. The summed E-state index contributed by atoms with van der Waals surface area (Å²) >= 11 is 1.85. The van der Waals surface area contributed by atoms with Crippen molar-refractivity contribution in [1.29, 1.82) is 0 Å². The predicted octanol–water partition coefficient (Wildman–Crippen LogP) is 6.69. The molecule has 3 aromatic rings. The first-order valence-corrected chi connectivity index (χ1v) is 9.82. The molecule has 0 spiro atoms. The molecule has 3 nitrogen and oxygen atoms in total. The van der Waals surface area contributed by atoms with Gasteiger partial charge in [-0.15, -0.1) is 0 Å². The molecule has 0 saturated heterocycles. The number of benzene rings is 3. The molecule has 2 unspecified atom stereocenters. The first-order chi connectivity index (χ1) is 13.1. The molecule has 1 aliphatic carbocycles. The van der Waals surface area contributed by atoms with Gasteiger partial charge < -0.3 is 0 Å². The van der Waals surface area contributed by atoms with Crippen molar-refractivity contribution in [1.82, 2.24) is 0 Å². The first-order valence-electron chi connectivity index (χ1n) is 9.01. The molecule has 0 amide bonds. The van der Waals surface area contributed by atoms with Gasteiger partial charge in [0.15, 0.2) is 0 Å². The average Bonchev–Trinajstić information content (AvgIpc) is 3.08. The predicted molar refractivity (Wildman–Crippen MR) is 111 cm³/mol. The van der Waals surface area contributed by atoms with E-state index >= 15 is 0 Å². The number of hydrogen-bond donors (Lipinski definition) is 0. The van der Waals surface area contributed by atoms with Gasteiger partial charge in [-0.1, -0.05) is 73.3 Å². The second kappa shape index (κ2) is 6.10. The van der Waals surface area contributed by atoms with Crippen LogP contribution in [-0.4, -0.2) is 4.92 Å². The maximum Gasteiger partial charge on any atom is 0.277 e. The standard InChI is InChI=1S/C23H17NO2S/c1-14-6-4-11-20-22(14)23-18-9-5-8-15(16(18)12-13-21(23)27-20)17-7-2-3-10-19(17)24(25)26/h2-14,22H,1H3. The van der Waals surface area contributed by atoms with Crippen LogP contribution < -0.4 is 0 Å². The number of fused-ring (bicyclic) bond motifs is 5. The SMILES string of the molecule is CC1C=CC=C2Sc3ccc4c(-c5ccccc5[N+](=O)[O-])cccc4c3C21. The molecule has 0 fully saturated rings. The minimum Gasteiger partial charge on any atom is -0.258 e. The van der Waals surface area contributed by atoms with Crippen molar-refractivity contribution in [3.63, 3.8) is 0 Å². The first kappa shape index (κ1) is 16.3. The molecule has 132 valence electrons. The van der Waals surface area contributed by atoms with E-state index in [1.165, 1.54) is 20.8 Å². The van der Waals surface area contributed by atoms with E-state index in [4.69, 9.17) is 0 Å². The molecule has 0 bridgehead atoms. The lowest BCUT2D eigenvalue weighted by molar-refractivity contribution is -0.384. The van der Waals surface area contributed by atoms with Crippen molar-refractivity contribution >= 4 is 28.2 Å². The highest BCUT2D eigenvalue weighted by Gasteiger charge is 2.34. The van der Waals surface area contributed by atoms with Gasteiger partial charge in [-0.2, -0.15) is 0 Å². The third kappa shape index (κ3) is 2.44. The molecule has 0 aromatic heterocycles. The number of nitro groups is 1. The summed E-state index contributed by atoms with van der Waals surface area (Å²) in [5.74, 6) is 0.818. The molecule has 0 radical (unpaired) electrons. The van der Waals surface area contributed by atoms with E-state index in [0.717, 1.165) is 10.9 Å². The van der Waals surface area contributed by atoms with Gasteiger partial charge in [-0.05, 0) is 44.9 Å². The Morgan fingerprint density at radius 3 is 2.63 bits per heavy atom. The van der Waals surface area contributed by atoms with Crippen LogP contribution in [-0.2, 0) is 0 Å². The number of nitrogens with zero attached hydrogens (tertiary/aromatic N) is 1. The minimum atomic E-state index is -0.299. The summed E-state index contributed by atoms with van der Waals surface area (Å²) in [4.78, 5) is 13.9. The Morgan fingerprint density at radius 2 is 1.78 bits per heavy atom. The van der Waals surface area contributed by atoms with Crippen molar-refractivity contribution in [3.8, 4) is 11.1 Å². The summed E-state index contributed by atoms with van der Waals surface area (Å²) < 4.78 is 0. The Hall–Kier alpha value is -2.85. The fourth-order valence-corrected chi connectivity index (χ4v) is 5.64. The monoisotopic (exact) mass is 371 g/mol. The maximum atomic E-state index is 11.5. The van der Waals surface area contributed by atoms with Crippen molar-refractivity contribution in [2.75, 3.05) is 0 Å². The van der Waals surface area contributed by atoms with E-state index in [9.17, 15) is 10.1 Å². The Balaban J connectivity index is 1.78. The minimum absolute atomic E-state index is 0.148. The van der Waals surface area contributed by atoms with Crippen LogP contribution in [0.5, 0.6) is 0 Å². The Morgan fingerprint density at radius 1 is 0.963 bits per heavy atom. The molecule has 0 N–H and O–H groups in total. The van der Waals surface area contributed by atoms with E-state index in [1.807, 2.05) is 36.0 Å². The normalized spacial score (nSPS) is 20.3. The molecule has 27 heavy (non-hydrogen) atoms. The smallest absolute Gasteiger partial charge is 0.258 e. The number of nitro benzene ring substituents is 1. The second-order valence-corrected chi connectivity index (χ2v) is 8.16. The molecular formula is C23H17NO2S. The lowest BCUT2D eigenvalue weighted by atomic mass is 9.81. The highest BCUT2D eigenvalue weighted by atomic mass is 32.2. The van der Waals surface area contributed by atoms with Crippen molar-refractivity contribution in [3.05, 3.63) is 93.4 Å². The number of hydrogen-bond acceptors (Lipinski definition) is 3. The maximum absolute atomic E-state index is 11.5. The van der Waals surface area contributed by atoms with Gasteiger partial charge >= 0.3 is 0 Å². The third-order valence-electron chi connectivity index (χ3n) is 5.50. The van der Waals surface area contributed by atoms with Gasteiger partial charge in [0.2, 0.25) is 0 Å². The van der Waals surface area contributed by atoms with Crippen LogP contribution in [0.4, 0.5) is 5.69 Å². The lowest BCUT2D eigenvalue weighted by Crippen LogP contribution is -2.08. The van der Waals surface area contributed by atoms with Gasteiger partial charge in [0, 0.05) is 16.9 Å². The molecular weight excluding hydrogens is 354 g/mol. The average molecular weight is 371 g/mol. The molecule has 3 aromatic carbocycles. The zero-order valence-electron chi connectivity index (χ0n) is 14.8. The van der Waals surface area contributed by atoms with Gasteiger partial charge in [-0.25, -0.2) is 0 Å². The van der Waals surface area contributed by atoms with Crippen molar-refractivity contribution in [2.45, 2.75) is 17.7 Å². The highest BCUT2D eigenvalue weighted by molar-refractivity contribution is 8.03. The highest BCUT2D eigenvalue weighted by Crippen LogP contribution is 2.56. The van der Waals surface area contributed by atoms with E-state index in [2.05, 4.69) is 43.4 Å². The Bertz CT molecular complexity index is 1160. The molecule has 0 saturated carbocycles. The summed E-state index contributed by atoms with van der Waals surface area (Å²) in [7, 11) is 0. The van der Waals surface area contributed by atoms with E-state index in [1.54, 1.807) is 12.1 Å². The van der Waals surface area contributed by atoms with Gasteiger partial charge in [0.05, 0.1) is 10.5 Å². The summed E-state index contributed by atoms with van der Waals surface area (Å²) in [6.07, 6.45) is 6.62. The second-order valence-electron chi connectivity index (χ2n) is 7.05. The number of rotatable bonds is 2. The molecule has 4 heteroatoms. The van der Waals surface area contributed by atoms with E-state index < -0.39 is 0 Å². The molecule has 2 aliphatic rings. The number of allylic oxidation sites excluding steroid dienone is 4. The third-order valence-corrected chi connectivity index (χ3v) is 6.70. The summed E-state index contributed by atoms with van der Waals surface area (Å²) in [5, 5.41) is 13.8. The van der Waals surface area contributed by atoms with Crippen LogP contribution in [0.25, 0.3) is 21.9 Å². The van der Waals surface area contributed by atoms with E-state index in [0.29, 0.717) is 17.4 Å². The zero-order valence-corrected chi connectivity index (χ0v) is 15.6. The van der Waals surface area contributed by atoms with Crippen LogP contribution in [0.2, 0.25) is 0 Å². The van der Waals surface area contributed by atoms with Crippen LogP contribution in [0.1, 0.15) is 18.4 Å². The topological polar surface area (TPSA) is 43.1 Å². The van der Waals surface area contributed by atoms with Crippen LogP contribution in [0, 0.1) is 16.0 Å². The summed E-state index contributed by atoms with van der Waals surface area (Å²) in [6.45, 7) is 2.26. The van der Waals surface area contributed by atoms with Crippen molar-refractivity contribution < 1.29 is 4.92 Å².